The van der Waals surface area contributed by atoms with Gasteiger partial charge >= 0.3 is 0 Å². The number of sulfonamides is 1. The first-order valence-electron chi connectivity index (χ1n) is 6.15. The molecule has 0 unspecified atom stereocenters. The van der Waals surface area contributed by atoms with Gasteiger partial charge in [0, 0.05) is 37.8 Å². The van der Waals surface area contributed by atoms with Crippen LogP contribution in [0.2, 0.25) is 0 Å². The number of anilines is 1. The van der Waals surface area contributed by atoms with Crippen LogP contribution in [0, 0.1) is 0 Å². The van der Waals surface area contributed by atoms with Crippen molar-refractivity contribution in [1.29, 1.82) is 0 Å². The molecule has 0 aromatic heterocycles. The maximum atomic E-state index is 12.6. The summed E-state index contributed by atoms with van der Waals surface area (Å²) in [5.74, 6) is 0.0560. The van der Waals surface area contributed by atoms with E-state index in [0.717, 1.165) is 0 Å². The number of methoxy groups -OCH3 is 1. The fourth-order valence-electron chi connectivity index (χ4n) is 2.02. The van der Waals surface area contributed by atoms with Crippen LogP contribution >= 0.6 is 0 Å². The normalized spacial score (nSPS) is 17.4. The largest absolute Gasteiger partial charge is 0.495 e. The van der Waals surface area contributed by atoms with Gasteiger partial charge in [-0.25, -0.2) is 8.42 Å². The number of rotatable bonds is 3. The third-order valence-electron chi connectivity index (χ3n) is 3.08. The number of carbonyl (C=O) groups is 1. The molecule has 20 heavy (non-hydrogen) atoms. The molecule has 1 heterocycles. The van der Waals surface area contributed by atoms with Gasteiger partial charge in [0.1, 0.15) is 10.6 Å². The van der Waals surface area contributed by atoms with E-state index in [-0.39, 0.29) is 36.1 Å². The summed E-state index contributed by atoms with van der Waals surface area (Å²) in [6.45, 7) is 0.693. The lowest BCUT2D eigenvalue weighted by Crippen LogP contribution is -2.34. The summed E-state index contributed by atoms with van der Waals surface area (Å²) < 4.78 is 31.6. The Morgan fingerprint density at radius 2 is 2.10 bits per heavy atom. The molecule has 1 aromatic carbocycles. The zero-order valence-electron chi connectivity index (χ0n) is 11.1. The van der Waals surface area contributed by atoms with Crippen LogP contribution in [0.15, 0.2) is 23.1 Å². The number of nitrogen functional groups attached to an aromatic ring is 1. The van der Waals surface area contributed by atoms with Crippen LogP contribution in [0.1, 0.15) is 6.42 Å². The molecule has 1 aliphatic rings. The lowest BCUT2D eigenvalue weighted by Gasteiger charge is -2.20. The molecule has 110 valence electrons. The van der Waals surface area contributed by atoms with Gasteiger partial charge in [0.15, 0.2) is 0 Å². The Hall–Kier alpha value is -1.80. The molecule has 7 nitrogen and oxygen atoms in total. The van der Waals surface area contributed by atoms with Gasteiger partial charge in [0.2, 0.25) is 15.9 Å². The van der Waals surface area contributed by atoms with Crippen molar-refractivity contribution in [3.8, 4) is 5.75 Å². The second-order valence-corrected chi connectivity index (χ2v) is 6.32. The third-order valence-corrected chi connectivity index (χ3v) is 5.02. The fourth-order valence-corrected chi connectivity index (χ4v) is 3.60. The SMILES string of the molecule is COc1cc(N)ccc1S(=O)(=O)N1CCNC(=O)CC1. The molecule has 0 aliphatic carbocycles. The Labute approximate surface area is 117 Å². The Morgan fingerprint density at radius 1 is 1.35 bits per heavy atom. The maximum absolute atomic E-state index is 12.6. The molecule has 8 heteroatoms. The van der Waals surface area contributed by atoms with Crippen LogP contribution < -0.4 is 15.8 Å². The number of nitrogens with one attached hydrogen (secondary N) is 1. The first-order chi connectivity index (χ1) is 9.45. The topological polar surface area (TPSA) is 102 Å². The minimum absolute atomic E-state index is 0.0588. The molecule has 1 aromatic rings. The molecular weight excluding hydrogens is 282 g/mol. The molecule has 0 atom stereocenters. The zero-order chi connectivity index (χ0) is 14.8. The number of amides is 1. The van der Waals surface area contributed by atoms with E-state index in [4.69, 9.17) is 10.5 Å². The molecule has 1 fully saturated rings. The zero-order valence-corrected chi connectivity index (χ0v) is 11.9. The van der Waals surface area contributed by atoms with Gasteiger partial charge in [-0.15, -0.1) is 0 Å². The van der Waals surface area contributed by atoms with Gasteiger partial charge in [-0.3, -0.25) is 4.79 Å². The number of benzene rings is 1. The van der Waals surface area contributed by atoms with Crippen LogP contribution in [-0.2, 0) is 14.8 Å². The molecule has 0 radical (unpaired) electrons. The Morgan fingerprint density at radius 3 is 2.80 bits per heavy atom. The maximum Gasteiger partial charge on any atom is 0.246 e. The first kappa shape index (κ1) is 14.6. The van der Waals surface area contributed by atoms with Gasteiger partial charge in [-0.2, -0.15) is 4.31 Å². The van der Waals surface area contributed by atoms with Crippen molar-refractivity contribution >= 4 is 21.6 Å². The number of nitrogens with zero attached hydrogens (tertiary/aromatic N) is 1. The third kappa shape index (κ3) is 2.86. The van der Waals surface area contributed by atoms with E-state index in [1.807, 2.05) is 0 Å². The average Bonchev–Trinajstić information content (AvgIpc) is 2.63. The number of hydrogen-bond donors (Lipinski definition) is 2. The second-order valence-electron chi connectivity index (χ2n) is 4.41. The van der Waals surface area contributed by atoms with Crippen molar-refractivity contribution in [3.05, 3.63) is 18.2 Å². The van der Waals surface area contributed by atoms with Crippen molar-refractivity contribution in [2.45, 2.75) is 11.3 Å². The fraction of sp³-hybridized carbons (Fsp3) is 0.417. The van der Waals surface area contributed by atoms with E-state index < -0.39 is 10.0 Å². The summed E-state index contributed by atoms with van der Waals surface area (Å²) in [5, 5.41) is 2.64. The van der Waals surface area contributed by atoms with Crippen LogP contribution in [0.25, 0.3) is 0 Å². The summed E-state index contributed by atoms with van der Waals surface area (Å²) in [6.07, 6.45) is 0.149. The summed E-state index contributed by atoms with van der Waals surface area (Å²) in [5.41, 5.74) is 6.05. The van der Waals surface area contributed by atoms with Crippen LogP contribution in [0.4, 0.5) is 5.69 Å². The van der Waals surface area contributed by atoms with Gasteiger partial charge < -0.3 is 15.8 Å². The van der Waals surface area contributed by atoms with Crippen LogP contribution in [0.3, 0.4) is 0 Å². The molecule has 0 bridgehead atoms. The minimum atomic E-state index is -3.71. The smallest absolute Gasteiger partial charge is 0.246 e. The van der Waals surface area contributed by atoms with E-state index >= 15 is 0 Å². The summed E-state index contributed by atoms with van der Waals surface area (Å²) in [7, 11) is -2.32. The molecule has 0 spiro atoms. The molecule has 0 saturated carbocycles. The van der Waals surface area contributed by atoms with Crippen molar-refractivity contribution in [1.82, 2.24) is 9.62 Å². The average molecular weight is 299 g/mol. The summed E-state index contributed by atoms with van der Waals surface area (Å²) >= 11 is 0. The molecule has 2 rings (SSSR count). The highest BCUT2D eigenvalue weighted by atomic mass is 32.2. The standard InChI is InChI=1S/C12H17N3O4S/c1-19-10-8-9(13)2-3-11(10)20(17,18)15-6-4-12(16)14-5-7-15/h2-3,8H,4-7,13H2,1H3,(H,14,16). The van der Waals surface area contributed by atoms with Crippen molar-refractivity contribution in [2.75, 3.05) is 32.5 Å². The van der Waals surface area contributed by atoms with E-state index in [1.54, 1.807) is 0 Å². The van der Waals surface area contributed by atoms with Gasteiger partial charge in [0.25, 0.3) is 0 Å². The number of carbonyl (C=O) groups excluding carboxylic acids is 1. The number of nitrogens with two attached hydrogens (primary N) is 1. The van der Waals surface area contributed by atoms with E-state index in [1.165, 1.54) is 29.6 Å². The molecule has 1 amide bonds. The highest BCUT2D eigenvalue weighted by Gasteiger charge is 2.29. The van der Waals surface area contributed by atoms with E-state index in [2.05, 4.69) is 5.32 Å². The summed E-state index contributed by atoms with van der Waals surface area (Å²) in [4.78, 5) is 11.3. The molecule has 1 saturated heterocycles. The lowest BCUT2D eigenvalue weighted by molar-refractivity contribution is -0.120. The van der Waals surface area contributed by atoms with Crippen LogP contribution in [-0.4, -0.2) is 45.4 Å². The van der Waals surface area contributed by atoms with E-state index in [0.29, 0.717) is 12.2 Å². The highest BCUT2D eigenvalue weighted by Crippen LogP contribution is 2.28. The van der Waals surface area contributed by atoms with Crippen LogP contribution in [0.5, 0.6) is 5.75 Å². The molecule has 1 aliphatic heterocycles. The van der Waals surface area contributed by atoms with Gasteiger partial charge in [0.05, 0.1) is 7.11 Å². The quantitative estimate of drug-likeness (QED) is 0.752. The highest BCUT2D eigenvalue weighted by molar-refractivity contribution is 7.89. The van der Waals surface area contributed by atoms with Gasteiger partial charge in [-0.1, -0.05) is 0 Å². The monoisotopic (exact) mass is 299 g/mol. The Kier molecular flexibility index (Phi) is 4.15. The minimum Gasteiger partial charge on any atom is -0.495 e. The van der Waals surface area contributed by atoms with E-state index in [9.17, 15) is 13.2 Å². The van der Waals surface area contributed by atoms with Crippen molar-refractivity contribution in [2.24, 2.45) is 0 Å². The summed E-state index contributed by atoms with van der Waals surface area (Å²) in [6, 6.07) is 4.40. The lowest BCUT2D eigenvalue weighted by atomic mass is 10.3. The first-order valence-corrected chi connectivity index (χ1v) is 7.59. The van der Waals surface area contributed by atoms with Gasteiger partial charge in [-0.05, 0) is 12.1 Å². The Bertz CT molecular complexity index is 615. The number of ether oxygens (including phenoxy) is 1. The predicted octanol–water partition coefficient (Wildman–Crippen LogP) is -0.212. The Balaban J connectivity index is 2.37. The van der Waals surface area contributed by atoms with Crippen molar-refractivity contribution < 1.29 is 17.9 Å². The molecule has 3 N–H and O–H groups in total. The second kappa shape index (κ2) is 5.68. The molecular formula is C12H17N3O4S. The predicted molar refractivity (Wildman–Crippen MR) is 73.8 cm³/mol. The number of hydrogen-bond acceptors (Lipinski definition) is 5. The van der Waals surface area contributed by atoms with Crippen molar-refractivity contribution in [3.63, 3.8) is 0 Å².